The fourth-order valence-corrected chi connectivity index (χ4v) is 2.75. The van der Waals surface area contributed by atoms with Gasteiger partial charge in [-0.25, -0.2) is 9.48 Å². The quantitative estimate of drug-likeness (QED) is 0.776. The minimum atomic E-state index is -0.468. The minimum Gasteiger partial charge on any atom is -0.444 e. The first-order chi connectivity index (χ1) is 10.2. The first kappa shape index (κ1) is 15.3. The van der Waals surface area contributed by atoms with Crippen molar-refractivity contribution >= 4 is 33.1 Å². The van der Waals surface area contributed by atoms with Crippen LogP contribution in [0.15, 0.2) is 16.6 Å². The number of amides is 1. The Hall–Kier alpha value is -1.63. The third-order valence-corrected chi connectivity index (χ3v) is 4.47. The molecule has 6 nitrogen and oxygen atoms in total. The van der Waals surface area contributed by atoms with Gasteiger partial charge in [-0.2, -0.15) is 0 Å². The van der Waals surface area contributed by atoms with Crippen LogP contribution in [-0.4, -0.2) is 44.7 Å². The summed E-state index contributed by atoms with van der Waals surface area (Å²) >= 11 is 3.54. The predicted octanol–water partition coefficient (Wildman–Crippen LogP) is 3.29. The van der Waals surface area contributed by atoms with Crippen LogP contribution in [0.25, 0.3) is 11.0 Å². The molecule has 1 aliphatic rings. The monoisotopic (exact) mass is 366 g/mol. The Labute approximate surface area is 137 Å². The number of ether oxygens (including phenoxy) is 1. The van der Waals surface area contributed by atoms with Gasteiger partial charge in [0.05, 0.1) is 11.6 Å². The normalized spacial score (nSPS) is 16.0. The number of halogens is 1. The summed E-state index contributed by atoms with van der Waals surface area (Å²) in [6.07, 6.45) is -0.273. The van der Waals surface area contributed by atoms with Crippen LogP contribution >= 0.6 is 15.9 Å². The molecule has 0 atom stereocenters. The van der Waals surface area contributed by atoms with E-state index < -0.39 is 5.60 Å². The molecule has 22 heavy (non-hydrogen) atoms. The van der Waals surface area contributed by atoms with Crippen molar-refractivity contribution in [2.24, 2.45) is 0 Å². The molecule has 0 N–H and O–H groups in total. The molecular weight excluding hydrogens is 348 g/mol. The van der Waals surface area contributed by atoms with Crippen LogP contribution in [-0.2, 0) is 4.74 Å². The van der Waals surface area contributed by atoms with Gasteiger partial charge in [-0.1, -0.05) is 21.1 Å². The lowest BCUT2D eigenvalue weighted by Gasteiger charge is -2.39. The molecule has 118 valence electrons. The number of hydrogen-bond donors (Lipinski definition) is 0. The van der Waals surface area contributed by atoms with E-state index in [1.807, 2.05) is 44.5 Å². The van der Waals surface area contributed by atoms with Crippen molar-refractivity contribution in [1.82, 2.24) is 19.9 Å². The lowest BCUT2D eigenvalue weighted by Crippen LogP contribution is -2.52. The zero-order valence-electron chi connectivity index (χ0n) is 13.1. The first-order valence-corrected chi connectivity index (χ1v) is 8.03. The van der Waals surface area contributed by atoms with Crippen LogP contribution in [0, 0.1) is 6.92 Å². The maximum absolute atomic E-state index is 12.0. The van der Waals surface area contributed by atoms with Crippen LogP contribution < -0.4 is 0 Å². The average molecular weight is 367 g/mol. The Morgan fingerprint density at radius 3 is 2.68 bits per heavy atom. The molecule has 1 amide bonds. The van der Waals surface area contributed by atoms with E-state index in [0.29, 0.717) is 13.1 Å². The lowest BCUT2D eigenvalue weighted by atomic mass is 10.1. The van der Waals surface area contributed by atoms with Crippen molar-refractivity contribution in [3.63, 3.8) is 0 Å². The second kappa shape index (κ2) is 5.22. The summed E-state index contributed by atoms with van der Waals surface area (Å²) in [4.78, 5) is 13.7. The average Bonchev–Trinajstić information content (AvgIpc) is 2.69. The van der Waals surface area contributed by atoms with Crippen molar-refractivity contribution in [3.8, 4) is 0 Å². The summed E-state index contributed by atoms with van der Waals surface area (Å²) < 4.78 is 8.29. The summed E-state index contributed by atoms with van der Waals surface area (Å²) in [5.41, 5.74) is 2.51. The van der Waals surface area contributed by atoms with Gasteiger partial charge in [0.25, 0.3) is 0 Å². The highest BCUT2D eigenvalue weighted by molar-refractivity contribution is 9.10. The number of benzene rings is 1. The Morgan fingerprint density at radius 1 is 1.36 bits per heavy atom. The number of fused-ring (bicyclic) bond motifs is 1. The summed E-state index contributed by atoms with van der Waals surface area (Å²) in [5, 5.41) is 8.45. The minimum absolute atomic E-state index is 0.145. The molecule has 1 aliphatic heterocycles. The molecule has 0 radical (unpaired) electrons. The van der Waals surface area contributed by atoms with Gasteiger partial charge in [-0.05, 0) is 45.4 Å². The van der Waals surface area contributed by atoms with Crippen molar-refractivity contribution in [3.05, 3.63) is 22.2 Å². The zero-order valence-corrected chi connectivity index (χ0v) is 14.7. The molecule has 1 fully saturated rings. The number of hydrogen-bond acceptors (Lipinski definition) is 4. The Balaban J connectivity index is 1.73. The van der Waals surface area contributed by atoms with Gasteiger partial charge >= 0.3 is 6.09 Å². The van der Waals surface area contributed by atoms with E-state index in [2.05, 4.69) is 26.2 Å². The van der Waals surface area contributed by atoms with E-state index in [9.17, 15) is 4.79 Å². The second-order valence-electron chi connectivity index (χ2n) is 6.66. The largest absolute Gasteiger partial charge is 0.444 e. The summed E-state index contributed by atoms with van der Waals surface area (Å²) in [7, 11) is 0. The van der Waals surface area contributed by atoms with Crippen molar-refractivity contribution in [2.75, 3.05) is 13.1 Å². The smallest absolute Gasteiger partial charge is 0.410 e. The molecule has 0 aliphatic carbocycles. The number of carbonyl (C=O) groups is 1. The van der Waals surface area contributed by atoms with E-state index in [1.165, 1.54) is 0 Å². The van der Waals surface area contributed by atoms with Crippen molar-refractivity contribution in [2.45, 2.75) is 39.3 Å². The molecular formula is C15H19BrN4O2. The van der Waals surface area contributed by atoms with Crippen molar-refractivity contribution in [1.29, 1.82) is 0 Å². The highest BCUT2D eigenvalue weighted by atomic mass is 79.9. The number of likely N-dealkylation sites (tertiary alicyclic amines) is 1. The van der Waals surface area contributed by atoms with E-state index in [-0.39, 0.29) is 12.1 Å². The van der Waals surface area contributed by atoms with Crippen LogP contribution in [0.3, 0.4) is 0 Å². The van der Waals surface area contributed by atoms with Gasteiger partial charge in [-0.3, -0.25) is 0 Å². The number of rotatable bonds is 1. The van der Waals surface area contributed by atoms with Gasteiger partial charge in [0.2, 0.25) is 0 Å². The molecule has 1 saturated heterocycles. The van der Waals surface area contributed by atoms with Crippen LogP contribution in [0.1, 0.15) is 32.4 Å². The van der Waals surface area contributed by atoms with Gasteiger partial charge in [0, 0.05) is 17.6 Å². The molecule has 2 aromatic rings. The standard InChI is InChI=1S/C15H19BrN4O2/c1-9-5-12-13(6-11(9)16)20(18-17-12)10-7-19(8-10)14(21)22-15(2,3)4/h5-6,10H,7-8H2,1-4H3. The van der Waals surface area contributed by atoms with Gasteiger partial charge < -0.3 is 9.64 Å². The van der Waals surface area contributed by atoms with Gasteiger partial charge in [0.15, 0.2) is 0 Å². The van der Waals surface area contributed by atoms with Gasteiger partial charge in [-0.15, -0.1) is 5.10 Å². The topological polar surface area (TPSA) is 60.2 Å². The van der Waals surface area contributed by atoms with E-state index >= 15 is 0 Å². The van der Waals surface area contributed by atoms with E-state index in [0.717, 1.165) is 21.1 Å². The Bertz CT molecular complexity index is 729. The fourth-order valence-electron chi connectivity index (χ4n) is 2.42. The number of aromatic nitrogens is 3. The molecule has 0 spiro atoms. The van der Waals surface area contributed by atoms with Crippen LogP contribution in [0.2, 0.25) is 0 Å². The molecule has 0 unspecified atom stereocenters. The molecule has 2 heterocycles. The third-order valence-electron chi connectivity index (χ3n) is 3.61. The van der Waals surface area contributed by atoms with Crippen LogP contribution in [0.4, 0.5) is 4.79 Å². The predicted molar refractivity (Wildman–Crippen MR) is 86.8 cm³/mol. The maximum Gasteiger partial charge on any atom is 0.410 e. The Kier molecular flexibility index (Phi) is 3.63. The van der Waals surface area contributed by atoms with Gasteiger partial charge in [0.1, 0.15) is 11.1 Å². The lowest BCUT2D eigenvalue weighted by molar-refractivity contribution is -0.0000725. The second-order valence-corrected chi connectivity index (χ2v) is 7.52. The van der Waals surface area contributed by atoms with Crippen LogP contribution in [0.5, 0.6) is 0 Å². The fraction of sp³-hybridized carbons (Fsp3) is 0.533. The number of aryl methyl sites for hydroxylation is 1. The van der Waals surface area contributed by atoms with E-state index in [1.54, 1.807) is 4.90 Å². The third kappa shape index (κ3) is 2.82. The number of carbonyl (C=O) groups excluding carboxylic acids is 1. The molecule has 7 heteroatoms. The SMILES string of the molecule is Cc1cc2nnn(C3CN(C(=O)OC(C)(C)C)C3)c2cc1Br. The number of nitrogens with zero attached hydrogens (tertiary/aromatic N) is 4. The zero-order chi connectivity index (χ0) is 16.1. The molecule has 0 saturated carbocycles. The summed E-state index contributed by atoms with van der Waals surface area (Å²) in [6, 6.07) is 4.18. The Morgan fingerprint density at radius 2 is 2.05 bits per heavy atom. The molecule has 1 aromatic heterocycles. The van der Waals surface area contributed by atoms with Crippen molar-refractivity contribution < 1.29 is 9.53 Å². The highest BCUT2D eigenvalue weighted by Gasteiger charge is 2.36. The molecule has 3 rings (SSSR count). The highest BCUT2D eigenvalue weighted by Crippen LogP contribution is 2.28. The maximum atomic E-state index is 12.0. The first-order valence-electron chi connectivity index (χ1n) is 7.23. The summed E-state index contributed by atoms with van der Waals surface area (Å²) in [6.45, 7) is 8.82. The molecule has 1 aromatic carbocycles. The van der Waals surface area contributed by atoms with E-state index in [4.69, 9.17) is 4.74 Å². The summed E-state index contributed by atoms with van der Waals surface area (Å²) in [5.74, 6) is 0. The molecule has 0 bridgehead atoms.